The first-order valence-electron chi connectivity index (χ1n) is 10.9. The van der Waals surface area contributed by atoms with Gasteiger partial charge in [-0.3, -0.25) is 4.79 Å². The van der Waals surface area contributed by atoms with E-state index in [1.54, 1.807) is 44.8 Å². The molecule has 0 saturated carbocycles. The first kappa shape index (κ1) is 23.9. The second kappa shape index (κ2) is 10.8. The fraction of sp³-hybridized carbons (Fsp3) is 0.143. The van der Waals surface area contributed by atoms with Gasteiger partial charge < -0.3 is 19.5 Å². The molecule has 35 heavy (non-hydrogen) atoms. The van der Waals surface area contributed by atoms with Crippen molar-refractivity contribution >= 4 is 22.9 Å². The van der Waals surface area contributed by atoms with E-state index in [1.165, 1.54) is 0 Å². The smallest absolute Gasteiger partial charge is 0.255 e. The van der Waals surface area contributed by atoms with Crippen LogP contribution in [0.4, 0.5) is 5.69 Å². The summed E-state index contributed by atoms with van der Waals surface area (Å²) in [6.45, 7) is 0. The minimum Gasteiger partial charge on any atom is -0.493 e. The van der Waals surface area contributed by atoms with Crippen LogP contribution >= 0.6 is 11.3 Å². The summed E-state index contributed by atoms with van der Waals surface area (Å²) < 4.78 is 16.5. The number of anilines is 1. The monoisotopic (exact) mass is 484 g/mol. The molecule has 0 fully saturated rings. The lowest BCUT2D eigenvalue weighted by Gasteiger charge is -2.16. The third-order valence-corrected chi connectivity index (χ3v) is 6.61. The maximum absolute atomic E-state index is 13.2. The average Bonchev–Trinajstić information content (AvgIpc) is 3.36. The van der Waals surface area contributed by atoms with Crippen LogP contribution in [0, 0.1) is 11.3 Å². The van der Waals surface area contributed by atoms with Crippen LogP contribution in [0.5, 0.6) is 17.2 Å². The molecule has 0 radical (unpaired) electrons. The van der Waals surface area contributed by atoms with Crippen molar-refractivity contribution < 1.29 is 19.0 Å². The average molecular weight is 485 g/mol. The summed E-state index contributed by atoms with van der Waals surface area (Å²) >= 11 is 1.55. The highest BCUT2D eigenvalue weighted by molar-refractivity contribution is 7.15. The third-order valence-electron chi connectivity index (χ3n) is 5.50. The summed E-state index contributed by atoms with van der Waals surface area (Å²) in [5.74, 6) is 1.35. The molecule has 0 unspecified atom stereocenters. The Kier molecular flexibility index (Phi) is 7.34. The van der Waals surface area contributed by atoms with Crippen molar-refractivity contribution in [3.63, 3.8) is 0 Å². The van der Waals surface area contributed by atoms with Gasteiger partial charge in [-0.15, -0.1) is 11.3 Å². The Balaban J connectivity index is 1.65. The molecule has 0 bridgehead atoms. The zero-order valence-corrected chi connectivity index (χ0v) is 20.4. The van der Waals surface area contributed by atoms with Gasteiger partial charge in [-0.2, -0.15) is 5.26 Å². The molecular formula is C28H24N2O4S. The van der Waals surface area contributed by atoms with Crippen LogP contribution < -0.4 is 19.5 Å². The summed E-state index contributed by atoms with van der Waals surface area (Å²) in [7, 11) is 4.70. The highest BCUT2D eigenvalue weighted by Crippen LogP contribution is 2.44. The maximum Gasteiger partial charge on any atom is 0.255 e. The lowest BCUT2D eigenvalue weighted by molar-refractivity contribution is 0.102. The van der Waals surface area contributed by atoms with Crippen molar-refractivity contribution in [1.82, 2.24) is 0 Å². The number of nitrogens with zero attached hydrogens (tertiary/aromatic N) is 1. The number of thiophene rings is 1. The quantitative estimate of drug-likeness (QED) is 0.312. The summed E-state index contributed by atoms with van der Waals surface area (Å²) in [5, 5.41) is 12.0. The van der Waals surface area contributed by atoms with Crippen molar-refractivity contribution in [3.8, 4) is 44.9 Å². The number of hydrogen-bond donors (Lipinski definition) is 1. The number of ether oxygens (including phenoxy) is 3. The summed E-state index contributed by atoms with van der Waals surface area (Å²) in [4.78, 5) is 15.2. The molecule has 0 saturated heterocycles. The molecule has 0 spiro atoms. The van der Waals surface area contributed by atoms with E-state index >= 15 is 0 Å². The molecule has 3 aromatic carbocycles. The van der Waals surface area contributed by atoms with Gasteiger partial charge in [0.2, 0.25) is 5.75 Å². The summed E-state index contributed by atoms with van der Waals surface area (Å²) in [6, 6.07) is 24.8. The SMILES string of the molecule is COc1ccc(-c2cccc(C(=O)Nc3ccccc3-c3ccc(CC#N)s3)c2)c(OC)c1OC. The predicted molar refractivity (Wildman–Crippen MR) is 139 cm³/mol. The molecule has 6 nitrogen and oxygen atoms in total. The maximum atomic E-state index is 13.2. The Morgan fingerprint density at radius 3 is 2.43 bits per heavy atom. The van der Waals surface area contributed by atoms with Gasteiger partial charge in [0.1, 0.15) is 0 Å². The van der Waals surface area contributed by atoms with Crippen LogP contribution in [0.25, 0.3) is 21.6 Å². The lowest BCUT2D eigenvalue weighted by atomic mass is 10.0. The number of methoxy groups -OCH3 is 3. The largest absolute Gasteiger partial charge is 0.493 e. The first-order valence-corrected chi connectivity index (χ1v) is 11.7. The number of hydrogen-bond acceptors (Lipinski definition) is 6. The van der Waals surface area contributed by atoms with Gasteiger partial charge in [0.15, 0.2) is 11.5 Å². The van der Waals surface area contributed by atoms with Gasteiger partial charge in [-0.25, -0.2) is 0 Å². The van der Waals surface area contributed by atoms with E-state index in [0.29, 0.717) is 34.9 Å². The molecule has 1 aromatic heterocycles. The number of amides is 1. The Bertz CT molecular complexity index is 1400. The standard InChI is InChI=1S/C28H24N2O4S/c1-32-24-13-12-21(26(33-2)27(24)34-3)18-7-6-8-19(17-18)28(31)30-23-10-5-4-9-22(23)25-14-11-20(35-25)15-16-29/h4-14,17H,15H2,1-3H3,(H,30,31). The molecule has 4 rings (SSSR count). The Hall–Kier alpha value is -4.28. The number of nitriles is 1. The highest BCUT2D eigenvalue weighted by atomic mass is 32.1. The zero-order valence-electron chi connectivity index (χ0n) is 19.6. The number of benzene rings is 3. The fourth-order valence-electron chi connectivity index (χ4n) is 3.85. The van der Waals surface area contributed by atoms with Crippen LogP contribution in [0.2, 0.25) is 0 Å². The molecule has 1 amide bonds. The number of nitrogens with one attached hydrogen (secondary N) is 1. The van der Waals surface area contributed by atoms with Crippen LogP contribution in [-0.2, 0) is 6.42 Å². The lowest BCUT2D eigenvalue weighted by Crippen LogP contribution is -2.12. The van der Waals surface area contributed by atoms with Crippen molar-refractivity contribution in [3.05, 3.63) is 83.2 Å². The second-order valence-electron chi connectivity index (χ2n) is 7.56. The Morgan fingerprint density at radius 2 is 1.69 bits per heavy atom. The molecule has 0 aliphatic heterocycles. The fourth-order valence-corrected chi connectivity index (χ4v) is 4.83. The number of rotatable bonds is 8. The van der Waals surface area contributed by atoms with E-state index in [1.807, 2.05) is 60.7 Å². The second-order valence-corrected chi connectivity index (χ2v) is 8.73. The van der Waals surface area contributed by atoms with Gasteiger partial charge in [0.25, 0.3) is 5.91 Å². The van der Waals surface area contributed by atoms with E-state index < -0.39 is 0 Å². The van der Waals surface area contributed by atoms with Gasteiger partial charge in [-0.1, -0.05) is 30.3 Å². The molecule has 1 heterocycles. The molecule has 176 valence electrons. The first-order chi connectivity index (χ1) is 17.1. The van der Waals surface area contributed by atoms with Gasteiger partial charge in [0, 0.05) is 32.1 Å². The zero-order chi connectivity index (χ0) is 24.8. The van der Waals surface area contributed by atoms with E-state index in [9.17, 15) is 4.79 Å². The van der Waals surface area contributed by atoms with E-state index in [2.05, 4.69) is 11.4 Å². The summed E-state index contributed by atoms with van der Waals surface area (Å²) in [6.07, 6.45) is 0.367. The molecular weight excluding hydrogens is 460 g/mol. The Labute approximate surface area is 208 Å². The topological polar surface area (TPSA) is 80.6 Å². The summed E-state index contributed by atoms with van der Waals surface area (Å²) in [5.41, 5.74) is 3.71. The van der Waals surface area contributed by atoms with Crippen molar-refractivity contribution in [1.29, 1.82) is 5.26 Å². The normalized spacial score (nSPS) is 10.3. The molecule has 0 aliphatic rings. The van der Waals surface area contributed by atoms with Gasteiger partial charge in [0.05, 0.1) is 33.8 Å². The van der Waals surface area contributed by atoms with E-state index in [4.69, 9.17) is 19.5 Å². The molecule has 4 aromatic rings. The van der Waals surface area contributed by atoms with Crippen LogP contribution in [-0.4, -0.2) is 27.2 Å². The molecule has 1 N–H and O–H groups in total. The number of carbonyl (C=O) groups excluding carboxylic acids is 1. The predicted octanol–water partition coefficient (Wildman–Crippen LogP) is 6.43. The van der Waals surface area contributed by atoms with Gasteiger partial charge >= 0.3 is 0 Å². The van der Waals surface area contributed by atoms with Crippen LogP contribution in [0.1, 0.15) is 15.2 Å². The molecule has 0 atom stereocenters. The highest BCUT2D eigenvalue weighted by Gasteiger charge is 2.18. The van der Waals surface area contributed by atoms with Crippen LogP contribution in [0.15, 0.2) is 72.8 Å². The third kappa shape index (κ3) is 4.98. The number of carbonyl (C=O) groups is 1. The minimum atomic E-state index is -0.229. The molecule has 0 aliphatic carbocycles. The minimum absolute atomic E-state index is 0.229. The van der Waals surface area contributed by atoms with Crippen molar-refractivity contribution in [2.24, 2.45) is 0 Å². The van der Waals surface area contributed by atoms with E-state index in [-0.39, 0.29) is 5.91 Å². The molecule has 7 heteroatoms. The van der Waals surface area contributed by atoms with E-state index in [0.717, 1.165) is 26.4 Å². The van der Waals surface area contributed by atoms with Crippen molar-refractivity contribution in [2.45, 2.75) is 6.42 Å². The van der Waals surface area contributed by atoms with Gasteiger partial charge in [-0.05, 0) is 48.0 Å². The Morgan fingerprint density at radius 1 is 0.886 bits per heavy atom. The number of para-hydroxylation sites is 1. The van der Waals surface area contributed by atoms with Crippen LogP contribution in [0.3, 0.4) is 0 Å². The van der Waals surface area contributed by atoms with Crippen molar-refractivity contribution in [2.75, 3.05) is 26.6 Å².